The topological polar surface area (TPSA) is 24.7 Å². The van der Waals surface area contributed by atoms with Gasteiger partial charge in [0.1, 0.15) is 5.82 Å². The van der Waals surface area contributed by atoms with Crippen LogP contribution in [0.3, 0.4) is 0 Å². The molecule has 3 heteroatoms. The van der Waals surface area contributed by atoms with E-state index in [9.17, 15) is 4.39 Å². The lowest BCUT2D eigenvalue weighted by molar-refractivity contribution is 0.627. The third-order valence-electron chi connectivity index (χ3n) is 2.81. The van der Waals surface area contributed by atoms with E-state index in [0.717, 1.165) is 24.1 Å². The monoisotopic (exact) mass is 260 g/mol. The number of allylic oxidation sites excluding steroid dienone is 2. The van der Waals surface area contributed by atoms with Gasteiger partial charge in [-0.2, -0.15) is 0 Å². The molecule has 0 aliphatic rings. The Morgan fingerprint density at radius 2 is 2.11 bits per heavy atom. The summed E-state index contributed by atoms with van der Waals surface area (Å²) in [5.74, 6) is -0.224. The largest absolute Gasteiger partial charge is 0.297 e. The lowest BCUT2D eigenvalue weighted by atomic mass is 10.00. The van der Waals surface area contributed by atoms with E-state index in [2.05, 4.69) is 16.9 Å². The molecule has 0 spiro atoms. The number of benzene rings is 1. The predicted octanol–water partition coefficient (Wildman–Crippen LogP) is 4.06. The lowest BCUT2D eigenvalue weighted by Gasteiger charge is -2.09. The van der Waals surface area contributed by atoms with Gasteiger partial charge in [0, 0.05) is 31.9 Å². The van der Waals surface area contributed by atoms with E-state index in [0.29, 0.717) is 6.54 Å². The smallest absolute Gasteiger partial charge is 0.123 e. The highest BCUT2D eigenvalue weighted by atomic mass is 19.1. The van der Waals surface area contributed by atoms with E-state index in [-0.39, 0.29) is 5.82 Å². The third kappa shape index (κ3) is 5.16. The second-order valence-electron chi connectivity index (χ2n) is 4.19. The minimum absolute atomic E-state index is 0.224. The van der Waals surface area contributed by atoms with Gasteiger partial charge in [0.05, 0.1) is 0 Å². The molecule has 0 N–H and O–H groups in total. The molecule has 0 saturated carbocycles. The lowest BCUT2D eigenvalue weighted by Crippen LogP contribution is -2.04. The van der Waals surface area contributed by atoms with Crippen LogP contribution >= 0.6 is 0 Å². The number of nitrogens with zero attached hydrogens (tertiary/aromatic N) is 2. The molecule has 0 heterocycles. The fourth-order valence-electron chi connectivity index (χ4n) is 1.80. The highest BCUT2D eigenvalue weighted by molar-refractivity contribution is 6.02. The van der Waals surface area contributed by atoms with Gasteiger partial charge in [0.2, 0.25) is 0 Å². The zero-order valence-corrected chi connectivity index (χ0v) is 11.9. The summed E-state index contributed by atoms with van der Waals surface area (Å²) in [6.07, 6.45) is 5.46. The maximum Gasteiger partial charge on any atom is 0.123 e. The van der Waals surface area contributed by atoms with Crippen molar-refractivity contribution < 1.29 is 4.39 Å². The van der Waals surface area contributed by atoms with Crippen molar-refractivity contribution in [2.24, 2.45) is 9.98 Å². The van der Waals surface area contributed by atoms with E-state index in [1.165, 1.54) is 17.7 Å². The summed E-state index contributed by atoms with van der Waals surface area (Å²) in [7, 11) is 1.75. The molecule has 1 rings (SSSR count). The van der Waals surface area contributed by atoms with E-state index in [4.69, 9.17) is 0 Å². The number of hydrogen-bond acceptors (Lipinski definition) is 2. The minimum Gasteiger partial charge on any atom is -0.297 e. The molecule has 0 saturated heterocycles. The van der Waals surface area contributed by atoms with Crippen LogP contribution in [0.1, 0.15) is 32.3 Å². The Morgan fingerprint density at radius 3 is 2.68 bits per heavy atom. The van der Waals surface area contributed by atoms with Gasteiger partial charge in [-0.15, -0.1) is 0 Å². The highest BCUT2D eigenvalue weighted by Gasteiger charge is 2.06. The van der Waals surface area contributed by atoms with Crippen molar-refractivity contribution in [2.75, 3.05) is 13.6 Å². The van der Waals surface area contributed by atoms with E-state index in [1.54, 1.807) is 19.3 Å². The second-order valence-corrected chi connectivity index (χ2v) is 4.19. The van der Waals surface area contributed by atoms with Gasteiger partial charge in [0.15, 0.2) is 0 Å². The molecule has 0 unspecified atom stereocenters. The zero-order chi connectivity index (χ0) is 14.1. The van der Waals surface area contributed by atoms with Crippen LogP contribution in [0.25, 0.3) is 0 Å². The van der Waals surface area contributed by atoms with Gasteiger partial charge in [0.25, 0.3) is 0 Å². The molecule has 102 valence electrons. The van der Waals surface area contributed by atoms with Crippen LogP contribution in [0.15, 0.2) is 45.9 Å². The summed E-state index contributed by atoms with van der Waals surface area (Å²) in [6.45, 7) is 4.79. The average Bonchev–Trinajstić information content (AvgIpc) is 2.42. The molecular formula is C16H21FN2. The van der Waals surface area contributed by atoms with Crippen molar-refractivity contribution in [1.29, 1.82) is 0 Å². The van der Waals surface area contributed by atoms with Crippen LogP contribution in [0.2, 0.25) is 0 Å². The standard InChI is InChI=1S/C16H21FN2/c1-4-13(9-10-18-3)11-16(19-5-2)14-7-6-8-15(17)12-14/h6-10,12H,4-5,11H2,1-3H3/b13-9+,18-10?,19-16?. The van der Waals surface area contributed by atoms with Crippen LogP contribution in [-0.2, 0) is 0 Å². The molecule has 2 nitrogen and oxygen atoms in total. The molecule has 0 atom stereocenters. The number of aliphatic imine (C=N–C) groups is 2. The van der Waals surface area contributed by atoms with Gasteiger partial charge < -0.3 is 0 Å². The maximum absolute atomic E-state index is 13.3. The van der Waals surface area contributed by atoms with Crippen LogP contribution in [0.5, 0.6) is 0 Å². The molecule has 0 aromatic heterocycles. The molecule has 1 aromatic rings. The zero-order valence-electron chi connectivity index (χ0n) is 11.9. The van der Waals surface area contributed by atoms with Gasteiger partial charge in [-0.3, -0.25) is 9.98 Å². The minimum atomic E-state index is -0.224. The SMILES string of the molecule is CCN=C(C/C(=C/C=NC)CC)c1cccc(F)c1. The van der Waals surface area contributed by atoms with Crippen molar-refractivity contribution >= 4 is 11.9 Å². The summed E-state index contributed by atoms with van der Waals surface area (Å²) in [6, 6.07) is 6.61. The Labute approximate surface area is 114 Å². The van der Waals surface area contributed by atoms with Crippen molar-refractivity contribution in [3.63, 3.8) is 0 Å². The van der Waals surface area contributed by atoms with Crippen molar-refractivity contribution in [3.05, 3.63) is 47.3 Å². The fourth-order valence-corrected chi connectivity index (χ4v) is 1.80. The van der Waals surface area contributed by atoms with Gasteiger partial charge in [-0.1, -0.05) is 24.6 Å². The first kappa shape index (κ1) is 15.3. The van der Waals surface area contributed by atoms with Crippen LogP contribution in [0.4, 0.5) is 4.39 Å². The Morgan fingerprint density at radius 1 is 1.32 bits per heavy atom. The Bertz CT molecular complexity index is 487. The molecule has 0 fully saturated rings. The molecule has 19 heavy (non-hydrogen) atoms. The summed E-state index contributed by atoms with van der Waals surface area (Å²) >= 11 is 0. The molecule has 0 bridgehead atoms. The Balaban J connectivity index is 2.99. The van der Waals surface area contributed by atoms with Crippen LogP contribution in [-0.4, -0.2) is 25.5 Å². The molecule has 0 radical (unpaired) electrons. The van der Waals surface area contributed by atoms with Gasteiger partial charge >= 0.3 is 0 Å². The Kier molecular flexibility index (Phi) is 6.72. The number of hydrogen-bond donors (Lipinski definition) is 0. The normalized spacial score (nSPS) is 13.3. The molecule has 0 aliphatic carbocycles. The van der Waals surface area contributed by atoms with Gasteiger partial charge in [-0.25, -0.2) is 4.39 Å². The first-order chi connectivity index (χ1) is 9.21. The summed E-state index contributed by atoms with van der Waals surface area (Å²) in [4.78, 5) is 8.46. The summed E-state index contributed by atoms with van der Waals surface area (Å²) in [5, 5.41) is 0. The third-order valence-corrected chi connectivity index (χ3v) is 2.81. The van der Waals surface area contributed by atoms with E-state index < -0.39 is 0 Å². The number of rotatable bonds is 6. The van der Waals surface area contributed by atoms with Crippen molar-refractivity contribution in [3.8, 4) is 0 Å². The first-order valence-corrected chi connectivity index (χ1v) is 6.60. The van der Waals surface area contributed by atoms with E-state index >= 15 is 0 Å². The molecule has 0 amide bonds. The predicted molar refractivity (Wildman–Crippen MR) is 80.9 cm³/mol. The van der Waals surface area contributed by atoms with Gasteiger partial charge in [-0.05, 0) is 37.1 Å². The first-order valence-electron chi connectivity index (χ1n) is 6.60. The molecular weight excluding hydrogens is 239 g/mol. The van der Waals surface area contributed by atoms with Crippen LogP contribution in [0, 0.1) is 5.82 Å². The fraction of sp³-hybridized carbons (Fsp3) is 0.375. The Hall–Kier alpha value is -1.77. The molecule has 0 aliphatic heterocycles. The van der Waals surface area contributed by atoms with Crippen LogP contribution < -0.4 is 0 Å². The second kappa shape index (κ2) is 8.35. The number of halogens is 1. The summed E-state index contributed by atoms with van der Waals surface area (Å²) < 4.78 is 13.3. The summed E-state index contributed by atoms with van der Waals surface area (Å²) in [5.41, 5.74) is 3.02. The highest BCUT2D eigenvalue weighted by Crippen LogP contribution is 2.14. The molecule has 1 aromatic carbocycles. The quantitative estimate of drug-likeness (QED) is 0.689. The van der Waals surface area contributed by atoms with Crippen molar-refractivity contribution in [1.82, 2.24) is 0 Å². The van der Waals surface area contributed by atoms with E-state index in [1.807, 2.05) is 19.1 Å². The van der Waals surface area contributed by atoms with Crippen molar-refractivity contribution in [2.45, 2.75) is 26.7 Å². The average molecular weight is 260 g/mol. The maximum atomic E-state index is 13.3.